The van der Waals surface area contributed by atoms with Crippen molar-refractivity contribution in [1.82, 2.24) is 15.5 Å². The van der Waals surface area contributed by atoms with Crippen LogP contribution in [0.5, 0.6) is 0 Å². The van der Waals surface area contributed by atoms with Crippen molar-refractivity contribution in [2.45, 2.75) is 31.7 Å². The molecule has 0 aliphatic heterocycles. The Morgan fingerprint density at radius 2 is 1.88 bits per heavy atom. The minimum atomic E-state index is -1.11. The normalized spacial score (nSPS) is 14.6. The zero-order valence-electron chi connectivity index (χ0n) is 13.6. The van der Waals surface area contributed by atoms with E-state index < -0.39 is 17.9 Å². The second-order valence-corrected chi connectivity index (χ2v) is 6.05. The number of nitrogens with one attached hydrogen (secondary N) is 3. The Balaban J connectivity index is 1.60. The highest BCUT2D eigenvalue weighted by Crippen LogP contribution is 2.39. The maximum atomic E-state index is 12.2. The van der Waals surface area contributed by atoms with Crippen molar-refractivity contribution in [2.75, 3.05) is 5.32 Å². The average molecular weight is 342 g/mol. The Morgan fingerprint density at radius 3 is 2.48 bits per heavy atom. The van der Waals surface area contributed by atoms with Crippen molar-refractivity contribution < 1.29 is 19.5 Å². The summed E-state index contributed by atoms with van der Waals surface area (Å²) in [5.41, 5.74) is 2.12. The van der Waals surface area contributed by atoms with Gasteiger partial charge in [0.2, 0.25) is 0 Å². The predicted molar refractivity (Wildman–Crippen MR) is 89.5 cm³/mol. The SMILES string of the molecule is CC(NC(=O)c1ccc(NC(=O)c2cc(C3CC3)[nH]n2)cc1)C(=O)O. The maximum Gasteiger partial charge on any atom is 0.325 e. The molecular weight excluding hydrogens is 324 g/mol. The third-order valence-corrected chi connectivity index (χ3v) is 3.97. The lowest BCUT2D eigenvalue weighted by molar-refractivity contribution is -0.138. The molecule has 0 bridgehead atoms. The minimum Gasteiger partial charge on any atom is -0.480 e. The first-order chi connectivity index (χ1) is 11.9. The van der Waals surface area contributed by atoms with Gasteiger partial charge in [-0.1, -0.05) is 0 Å². The fraction of sp³-hybridized carbons (Fsp3) is 0.294. The van der Waals surface area contributed by atoms with Gasteiger partial charge in [0.05, 0.1) is 0 Å². The van der Waals surface area contributed by atoms with Gasteiger partial charge in [-0.3, -0.25) is 19.5 Å². The number of benzene rings is 1. The van der Waals surface area contributed by atoms with Crippen LogP contribution in [-0.2, 0) is 4.79 Å². The van der Waals surface area contributed by atoms with E-state index in [-0.39, 0.29) is 5.91 Å². The van der Waals surface area contributed by atoms with Crippen LogP contribution in [0.4, 0.5) is 5.69 Å². The molecule has 8 nitrogen and oxygen atoms in total. The lowest BCUT2D eigenvalue weighted by atomic mass is 10.1. The summed E-state index contributed by atoms with van der Waals surface area (Å²) in [6.45, 7) is 1.38. The molecule has 1 heterocycles. The van der Waals surface area contributed by atoms with Crippen LogP contribution in [0.2, 0.25) is 0 Å². The summed E-state index contributed by atoms with van der Waals surface area (Å²) < 4.78 is 0. The monoisotopic (exact) mass is 342 g/mol. The highest BCUT2D eigenvalue weighted by atomic mass is 16.4. The van der Waals surface area contributed by atoms with E-state index in [9.17, 15) is 14.4 Å². The van der Waals surface area contributed by atoms with Crippen LogP contribution in [0.25, 0.3) is 0 Å². The highest BCUT2D eigenvalue weighted by Gasteiger charge is 2.26. The Bertz CT molecular complexity index is 808. The third-order valence-electron chi connectivity index (χ3n) is 3.97. The van der Waals surface area contributed by atoms with Gasteiger partial charge in [0, 0.05) is 22.9 Å². The molecule has 2 amide bonds. The molecule has 4 N–H and O–H groups in total. The molecule has 1 aliphatic carbocycles. The van der Waals surface area contributed by atoms with Crippen LogP contribution in [-0.4, -0.2) is 39.1 Å². The van der Waals surface area contributed by atoms with Crippen molar-refractivity contribution in [3.63, 3.8) is 0 Å². The second-order valence-electron chi connectivity index (χ2n) is 6.05. The van der Waals surface area contributed by atoms with Crippen molar-refractivity contribution in [3.8, 4) is 0 Å². The van der Waals surface area contributed by atoms with E-state index in [4.69, 9.17) is 5.11 Å². The van der Waals surface area contributed by atoms with Crippen molar-refractivity contribution >= 4 is 23.5 Å². The molecule has 1 aliphatic rings. The predicted octanol–water partition coefficient (Wildman–Crippen LogP) is 1.74. The number of aromatic amines is 1. The van der Waals surface area contributed by atoms with Gasteiger partial charge in [-0.15, -0.1) is 0 Å². The number of carboxylic acid groups (broad SMARTS) is 1. The number of amides is 2. The topological polar surface area (TPSA) is 124 Å². The van der Waals surface area contributed by atoms with Crippen LogP contribution in [0.15, 0.2) is 30.3 Å². The molecule has 1 aromatic heterocycles. The molecule has 2 aromatic rings. The van der Waals surface area contributed by atoms with Crippen molar-refractivity contribution in [1.29, 1.82) is 0 Å². The Kier molecular flexibility index (Phi) is 4.51. The van der Waals surface area contributed by atoms with Crippen LogP contribution in [0.1, 0.15) is 52.2 Å². The molecule has 25 heavy (non-hydrogen) atoms. The maximum absolute atomic E-state index is 12.2. The number of hydrogen-bond acceptors (Lipinski definition) is 4. The van der Waals surface area contributed by atoms with Gasteiger partial charge in [-0.05, 0) is 50.1 Å². The summed E-state index contributed by atoms with van der Waals surface area (Å²) in [6, 6.07) is 6.95. The smallest absolute Gasteiger partial charge is 0.325 e. The summed E-state index contributed by atoms with van der Waals surface area (Å²) in [6.07, 6.45) is 2.24. The van der Waals surface area contributed by atoms with Gasteiger partial charge in [-0.25, -0.2) is 0 Å². The van der Waals surface area contributed by atoms with Crippen molar-refractivity contribution in [2.24, 2.45) is 0 Å². The van der Waals surface area contributed by atoms with E-state index in [1.54, 1.807) is 18.2 Å². The van der Waals surface area contributed by atoms with E-state index >= 15 is 0 Å². The number of nitrogens with zero attached hydrogens (tertiary/aromatic N) is 1. The molecule has 3 rings (SSSR count). The molecule has 130 valence electrons. The molecule has 0 radical (unpaired) electrons. The van der Waals surface area contributed by atoms with Gasteiger partial charge in [-0.2, -0.15) is 5.10 Å². The summed E-state index contributed by atoms with van der Waals surface area (Å²) in [4.78, 5) is 34.8. The van der Waals surface area contributed by atoms with E-state index in [2.05, 4.69) is 20.8 Å². The molecule has 8 heteroatoms. The minimum absolute atomic E-state index is 0.307. The molecule has 1 saturated carbocycles. The third kappa shape index (κ3) is 4.03. The van der Waals surface area contributed by atoms with E-state index in [1.807, 2.05) is 0 Å². The number of carbonyl (C=O) groups is 3. The number of rotatable bonds is 6. The quantitative estimate of drug-likeness (QED) is 0.636. The largest absolute Gasteiger partial charge is 0.480 e. The molecular formula is C17H18N4O4. The fourth-order valence-electron chi connectivity index (χ4n) is 2.30. The van der Waals surface area contributed by atoms with Gasteiger partial charge < -0.3 is 15.7 Å². The lowest BCUT2D eigenvalue weighted by Gasteiger charge is -2.09. The first-order valence-corrected chi connectivity index (χ1v) is 7.94. The summed E-state index contributed by atoms with van der Waals surface area (Å²) in [7, 11) is 0. The number of hydrogen-bond donors (Lipinski definition) is 4. The number of carboxylic acids is 1. The number of aromatic nitrogens is 2. The van der Waals surface area contributed by atoms with Gasteiger partial charge in [0.15, 0.2) is 5.69 Å². The van der Waals surface area contributed by atoms with Crippen molar-refractivity contribution in [3.05, 3.63) is 47.3 Å². The molecule has 1 aromatic carbocycles. The molecule has 0 spiro atoms. The molecule has 0 saturated heterocycles. The number of anilines is 1. The zero-order valence-corrected chi connectivity index (χ0v) is 13.6. The first kappa shape index (κ1) is 16.7. The molecule has 1 fully saturated rings. The lowest BCUT2D eigenvalue weighted by Crippen LogP contribution is -2.38. The summed E-state index contributed by atoms with van der Waals surface area (Å²) in [5, 5.41) is 20.8. The fourth-order valence-corrected chi connectivity index (χ4v) is 2.30. The number of carbonyl (C=O) groups excluding carboxylic acids is 2. The average Bonchev–Trinajstić information content (AvgIpc) is 3.32. The Labute approximate surface area is 143 Å². The van der Waals surface area contributed by atoms with Crippen LogP contribution < -0.4 is 10.6 Å². The highest BCUT2D eigenvalue weighted by molar-refractivity contribution is 6.03. The van der Waals surface area contributed by atoms with Crippen LogP contribution in [0, 0.1) is 0 Å². The standard InChI is InChI=1S/C17H18N4O4/c1-9(17(24)25)18-15(22)11-4-6-12(7-5-11)19-16(23)14-8-13(20-21-14)10-2-3-10/h4-10H,2-3H2,1H3,(H,18,22)(H,19,23)(H,20,21)(H,24,25). The number of aliphatic carboxylic acids is 1. The first-order valence-electron chi connectivity index (χ1n) is 7.94. The zero-order chi connectivity index (χ0) is 18.0. The van der Waals surface area contributed by atoms with E-state index in [1.165, 1.54) is 19.1 Å². The second kappa shape index (κ2) is 6.76. The molecule has 1 atom stereocenters. The van der Waals surface area contributed by atoms with Gasteiger partial charge in [0.1, 0.15) is 6.04 Å². The summed E-state index contributed by atoms with van der Waals surface area (Å²) >= 11 is 0. The van der Waals surface area contributed by atoms with Crippen LogP contribution in [0.3, 0.4) is 0 Å². The number of H-pyrrole nitrogens is 1. The van der Waals surface area contributed by atoms with E-state index in [0.29, 0.717) is 22.9 Å². The Hall–Kier alpha value is -3.16. The summed E-state index contributed by atoms with van der Waals surface area (Å²) in [5.74, 6) is -1.45. The van der Waals surface area contributed by atoms with Crippen LogP contribution >= 0.6 is 0 Å². The Morgan fingerprint density at radius 1 is 1.20 bits per heavy atom. The van der Waals surface area contributed by atoms with E-state index in [0.717, 1.165) is 18.5 Å². The van der Waals surface area contributed by atoms with Gasteiger partial charge in [0.25, 0.3) is 11.8 Å². The van der Waals surface area contributed by atoms with Gasteiger partial charge >= 0.3 is 5.97 Å². The molecule has 1 unspecified atom stereocenters.